The minimum atomic E-state index is -0.927. The van der Waals surface area contributed by atoms with Crippen LogP contribution in [-0.2, 0) is 6.54 Å². The number of carboxylic acid groups (broad SMARTS) is 1. The van der Waals surface area contributed by atoms with Gasteiger partial charge in [0.15, 0.2) is 0 Å². The summed E-state index contributed by atoms with van der Waals surface area (Å²) < 4.78 is 2.82. The molecule has 0 aliphatic rings. The van der Waals surface area contributed by atoms with Gasteiger partial charge in [0.2, 0.25) is 0 Å². The molecule has 3 nitrogen and oxygen atoms in total. The minimum Gasteiger partial charge on any atom is -0.478 e. The second-order valence-corrected chi connectivity index (χ2v) is 6.03. The van der Waals surface area contributed by atoms with Gasteiger partial charge in [-0.05, 0) is 39.7 Å². The molecule has 1 N–H and O–H groups in total. The van der Waals surface area contributed by atoms with Crippen LogP contribution in [0.1, 0.15) is 15.9 Å². The van der Waals surface area contributed by atoms with Gasteiger partial charge in [-0.25, -0.2) is 4.79 Å². The zero-order valence-corrected chi connectivity index (χ0v) is 13.2. The summed E-state index contributed by atoms with van der Waals surface area (Å²) in [6.07, 6.45) is 1.91. The Morgan fingerprint density at radius 1 is 1.19 bits per heavy atom. The summed E-state index contributed by atoms with van der Waals surface area (Å²) in [5, 5.41) is 10.9. The van der Waals surface area contributed by atoms with Crippen LogP contribution in [0.25, 0.3) is 10.9 Å². The lowest BCUT2D eigenvalue weighted by Crippen LogP contribution is -2.04. The smallest absolute Gasteiger partial charge is 0.337 e. The third-order valence-electron chi connectivity index (χ3n) is 3.35. The zero-order chi connectivity index (χ0) is 15.0. The molecule has 0 fully saturated rings. The number of halogens is 2. The number of benzene rings is 2. The number of fused-ring (bicyclic) bond motifs is 1. The van der Waals surface area contributed by atoms with Gasteiger partial charge in [0.25, 0.3) is 0 Å². The lowest BCUT2D eigenvalue weighted by atomic mass is 10.1. The van der Waals surface area contributed by atoms with Gasteiger partial charge >= 0.3 is 5.97 Å². The molecule has 0 radical (unpaired) electrons. The van der Waals surface area contributed by atoms with Crippen molar-refractivity contribution < 1.29 is 9.90 Å². The Balaban J connectivity index is 2.14. The second-order valence-electron chi connectivity index (χ2n) is 4.74. The number of aromatic nitrogens is 1. The van der Waals surface area contributed by atoms with E-state index in [0.717, 1.165) is 15.4 Å². The number of carboxylic acids is 1. The molecule has 21 heavy (non-hydrogen) atoms. The number of aromatic carboxylic acids is 1. The quantitative estimate of drug-likeness (QED) is 0.725. The Morgan fingerprint density at radius 3 is 2.57 bits per heavy atom. The first-order valence-electron chi connectivity index (χ1n) is 6.31. The van der Waals surface area contributed by atoms with E-state index in [9.17, 15) is 9.90 Å². The van der Waals surface area contributed by atoms with Gasteiger partial charge in [0.05, 0.1) is 11.1 Å². The molecule has 3 rings (SSSR count). The molecule has 0 aliphatic carbocycles. The van der Waals surface area contributed by atoms with Crippen molar-refractivity contribution in [1.82, 2.24) is 4.57 Å². The van der Waals surface area contributed by atoms with Crippen LogP contribution in [0.3, 0.4) is 0 Å². The van der Waals surface area contributed by atoms with E-state index >= 15 is 0 Å². The van der Waals surface area contributed by atoms with Crippen molar-refractivity contribution in [3.63, 3.8) is 0 Å². The molecule has 106 valence electrons. The summed E-state index contributed by atoms with van der Waals surface area (Å²) in [6, 6.07) is 12.8. The van der Waals surface area contributed by atoms with Crippen LogP contribution in [0.4, 0.5) is 0 Å². The first-order valence-corrected chi connectivity index (χ1v) is 7.48. The van der Waals surface area contributed by atoms with Gasteiger partial charge in [0, 0.05) is 27.6 Å². The van der Waals surface area contributed by atoms with Crippen LogP contribution in [0, 0.1) is 0 Å². The van der Waals surface area contributed by atoms with Crippen LogP contribution >= 0.6 is 27.5 Å². The normalized spacial score (nSPS) is 11.0. The Kier molecular flexibility index (Phi) is 3.74. The third kappa shape index (κ3) is 2.69. The van der Waals surface area contributed by atoms with E-state index < -0.39 is 5.97 Å². The second kappa shape index (κ2) is 5.54. The number of carbonyl (C=O) groups is 1. The van der Waals surface area contributed by atoms with Crippen LogP contribution < -0.4 is 0 Å². The summed E-state index contributed by atoms with van der Waals surface area (Å²) >= 11 is 9.38. The average molecular weight is 365 g/mol. The fraction of sp³-hybridized carbons (Fsp3) is 0.0625. The number of hydrogen-bond donors (Lipinski definition) is 1. The minimum absolute atomic E-state index is 0.298. The standard InChI is InChI=1S/C16H11BrClNO2/c17-14-9-19(8-10-4-6-11(18)7-5-10)15-12(14)2-1-3-13(15)16(20)21/h1-7,9H,8H2,(H,20,21). The number of nitrogens with zero attached hydrogens (tertiary/aromatic N) is 1. The summed E-state index contributed by atoms with van der Waals surface area (Å²) in [5.41, 5.74) is 2.07. The van der Waals surface area contributed by atoms with E-state index in [2.05, 4.69) is 15.9 Å². The number of rotatable bonds is 3. The highest BCUT2D eigenvalue weighted by molar-refractivity contribution is 9.10. The fourth-order valence-electron chi connectivity index (χ4n) is 2.40. The van der Waals surface area contributed by atoms with Gasteiger partial charge in [-0.3, -0.25) is 0 Å². The van der Waals surface area contributed by atoms with E-state index in [-0.39, 0.29) is 0 Å². The highest BCUT2D eigenvalue weighted by Gasteiger charge is 2.15. The highest BCUT2D eigenvalue weighted by Crippen LogP contribution is 2.29. The molecule has 3 aromatic rings. The molecule has 0 atom stereocenters. The van der Waals surface area contributed by atoms with Crippen molar-refractivity contribution in [1.29, 1.82) is 0 Å². The van der Waals surface area contributed by atoms with Crippen molar-refractivity contribution in [2.45, 2.75) is 6.54 Å². The average Bonchev–Trinajstić information content (AvgIpc) is 2.78. The molecular weight excluding hydrogens is 354 g/mol. The molecule has 0 amide bonds. The lowest BCUT2D eigenvalue weighted by molar-refractivity contribution is 0.0698. The monoisotopic (exact) mass is 363 g/mol. The first-order chi connectivity index (χ1) is 10.1. The summed E-state index contributed by atoms with van der Waals surface area (Å²) in [6.45, 7) is 0.587. The van der Waals surface area contributed by atoms with Crippen molar-refractivity contribution >= 4 is 44.4 Å². The van der Waals surface area contributed by atoms with Gasteiger partial charge in [-0.1, -0.05) is 35.9 Å². The molecule has 0 saturated heterocycles. The number of hydrogen-bond acceptors (Lipinski definition) is 1. The van der Waals surface area contributed by atoms with Gasteiger partial charge in [0.1, 0.15) is 0 Å². The molecule has 0 saturated carbocycles. The van der Waals surface area contributed by atoms with Crippen molar-refractivity contribution in [3.05, 3.63) is 69.3 Å². The summed E-state index contributed by atoms with van der Waals surface area (Å²) in [5.74, 6) is -0.927. The van der Waals surface area contributed by atoms with Crippen molar-refractivity contribution in [3.8, 4) is 0 Å². The zero-order valence-electron chi connectivity index (χ0n) is 10.9. The molecule has 0 unspecified atom stereocenters. The number of para-hydroxylation sites is 1. The van der Waals surface area contributed by atoms with Gasteiger partial charge < -0.3 is 9.67 Å². The largest absolute Gasteiger partial charge is 0.478 e. The van der Waals surface area contributed by atoms with Crippen LogP contribution in [0.5, 0.6) is 0 Å². The molecule has 1 heterocycles. The molecule has 0 aliphatic heterocycles. The molecule has 1 aromatic heterocycles. The van der Waals surface area contributed by atoms with Gasteiger partial charge in [-0.2, -0.15) is 0 Å². The van der Waals surface area contributed by atoms with Crippen LogP contribution in [0.15, 0.2) is 53.1 Å². The maximum Gasteiger partial charge on any atom is 0.337 e. The summed E-state index contributed by atoms with van der Waals surface area (Å²) in [4.78, 5) is 11.4. The molecule has 0 bridgehead atoms. The van der Waals surface area contributed by atoms with E-state index in [0.29, 0.717) is 22.6 Å². The Bertz CT molecular complexity index is 824. The topological polar surface area (TPSA) is 42.2 Å². The van der Waals surface area contributed by atoms with Crippen molar-refractivity contribution in [2.75, 3.05) is 0 Å². The first kappa shape index (κ1) is 14.2. The van der Waals surface area contributed by atoms with Gasteiger partial charge in [-0.15, -0.1) is 0 Å². The lowest BCUT2D eigenvalue weighted by Gasteiger charge is -2.08. The van der Waals surface area contributed by atoms with E-state index in [1.54, 1.807) is 12.1 Å². The Hall–Kier alpha value is -1.78. The van der Waals surface area contributed by atoms with E-state index in [4.69, 9.17) is 11.6 Å². The Morgan fingerprint density at radius 2 is 1.90 bits per heavy atom. The highest BCUT2D eigenvalue weighted by atomic mass is 79.9. The van der Waals surface area contributed by atoms with E-state index in [1.165, 1.54) is 0 Å². The van der Waals surface area contributed by atoms with E-state index in [1.807, 2.05) is 41.1 Å². The molecule has 5 heteroatoms. The molecular formula is C16H11BrClNO2. The Labute approximate surface area is 134 Å². The molecule has 2 aromatic carbocycles. The summed E-state index contributed by atoms with van der Waals surface area (Å²) in [7, 11) is 0. The van der Waals surface area contributed by atoms with Crippen LogP contribution in [0.2, 0.25) is 5.02 Å². The van der Waals surface area contributed by atoms with Crippen LogP contribution in [-0.4, -0.2) is 15.6 Å². The predicted octanol–water partition coefficient (Wildman–Crippen LogP) is 4.80. The fourth-order valence-corrected chi connectivity index (χ4v) is 3.09. The maximum atomic E-state index is 11.4. The SMILES string of the molecule is O=C(O)c1cccc2c(Br)cn(Cc3ccc(Cl)cc3)c12. The third-order valence-corrected chi connectivity index (χ3v) is 4.23. The van der Waals surface area contributed by atoms with Crippen molar-refractivity contribution in [2.24, 2.45) is 0 Å². The predicted molar refractivity (Wildman–Crippen MR) is 87.2 cm³/mol. The maximum absolute atomic E-state index is 11.4. The molecule has 0 spiro atoms.